The molecule has 3 aliphatic carbocycles. The van der Waals surface area contributed by atoms with Crippen LogP contribution in [0.2, 0.25) is 5.02 Å². The molecule has 3 fully saturated rings. The summed E-state index contributed by atoms with van der Waals surface area (Å²) in [7, 11) is 0. The lowest BCUT2D eigenvalue weighted by atomic mass is 9.44. The van der Waals surface area contributed by atoms with Gasteiger partial charge in [-0.05, 0) is 31.4 Å². The smallest absolute Gasteiger partial charge is 0.258 e. The van der Waals surface area contributed by atoms with Gasteiger partial charge >= 0.3 is 0 Å². The van der Waals surface area contributed by atoms with E-state index in [0.29, 0.717) is 6.41 Å². The van der Waals surface area contributed by atoms with Gasteiger partial charge in [-0.2, -0.15) is 0 Å². The number of nitrogens with one attached hydrogen (secondary N) is 2. The normalized spacial score (nSPS) is 28.9. The zero-order valence-electron chi connectivity index (χ0n) is 11.1. The molecule has 1 aromatic rings. The predicted molar refractivity (Wildman–Crippen MR) is 73.6 cm³/mol. The second kappa shape index (κ2) is 4.87. The molecule has 0 spiro atoms. The number of carbonyl (C=O) groups is 2. The monoisotopic (exact) mass is 312 g/mol. The molecule has 0 aromatic heterocycles. The zero-order chi connectivity index (χ0) is 15.1. The first-order valence-electron chi connectivity index (χ1n) is 6.56. The standard InChI is InChI=1S/C14H14ClFN2O3/c15-10-2-1-9(3-11(10)16)21-4-12(20)18-14-5-13(6-14,7-14)17-8-19/h1-3,8H,4-7H2,(H,17,19)(H,18,20). The summed E-state index contributed by atoms with van der Waals surface area (Å²) in [6, 6.07) is 4.02. The van der Waals surface area contributed by atoms with Crippen molar-refractivity contribution in [3.8, 4) is 5.75 Å². The van der Waals surface area contributed by atoms with Gasteiger partial charge in [-0.25, -0.2) is 4.39 Å². The van der Waals surface area contributed by atoms with Crippen molar-refractivity contribution in [2.75, 3.05) is 6.61 Å². The largest absolute Gasteiger partial charge is 0.484 e. The van der Waals surface area contributed by atoms with Crippen LogP contribution in [-0.4, -0.2) is 30.0 Å². The van der Waals surface area contributed by atoms with Gasteiger partial charge in [-0.1, -0.05) is 11.6 Å². The first-order chi connectivity index (χ1) is 9.96. The van der Waals surface area contributed by atoms with Crippen LogP contribution in [0, 0.1) is 5.82 Å². The number of carbonyl (C=O) groups excluding carboxylic acids is 2. The van der Waals surface area contributed by atoms with Crippen LogP contribution in [0.1, 0.15) is 19.3 Å². The van der Waals surface area contributed by atoms with Gasteiger partial charge in [0.1, 0.15) is 11.6 Å². The van der Waals surface area contributed by atoms with E-state index in [-0.39, 0.29) is 34.4 Å². The second-order valence-corrected chi connectivity index (χ2v) is 6.17. The van der Waals surface area contributed by atoms with Crippen molar-refractivity contribution < 1.29 is 18.7 Å². The summed E-state index contributed by atoms with van der Waals surface area (Å²) < 4.78 is 18.4. The van der Waals surface area contributed by atoms with Gasteiger partial charge in [0.25, 0.3) is 5.91 Å². The molecule has 5 nitrogen and oxygen atoms in total. The van der Waals surface area contributed by atoms with Crippen molar-refractivity contribution >= 4 is 23.9 Å². The molecule has 0 atom stereocenters. The first-order valence-corrected chi connectivity index (χ1v) is 6.94. The highest BCUT2D eigenvalue weighted by atomic mass is 35.5. The number of benzene rings is 1. The maximum atomic E-state index is 13.2. The van der Waals surface area contributed by atoms with Gasteiger partial charge in [0.05, 0.1) is 5.02 Å². The third-order valence-electron chi connectivity index (χ3n) is 4.06. The summed E-state index contributed by atoms with van der Waals surface area (Å²) in [4.78, 5) is 22.2. The highest BCUT2D eigenvalue weighted by Gasteiger charge is 2.68. The van der Waals surface area contributed by atoms with Gasteiger partial charge in [-0.3, -0.25) is 9.59 Å². The predicted octanol–water partition coefficient (Wildman–Crippen LogP) is 1.40. The van der Waals surface area contributed by atoms with Crippen molar-refractivity contribution in [2.24, 2.45) is 0 Å². The molecule has 2 amide bonds. The van der Waals surface area contributed by atoms with Crippen LogP contribution in [0.25, 0.3) is 0 Å². The second-order valence-electron chi connectivity index (χ2n) is 5.77. The molecule has 21 heavy (non-hydrogen) atoms. The number of hydrogen-bond acceptors (Lipinski definition) is 3. The van der Waals surface area contributed by atoms with Crippen LogP contribution >= 0.6 is 11.6 Å². The fourth-order valence-corrected chi connectivity index (χ4v) is 3.36. The van der Waals surface area contributed by atoms with E-state index >= 15 is 0 Å². The minimum atomic E-state index is -0.587. The number of rotatable bonds is 6. The topological polar surface area (TPSA) is 67.4 Å². The summed E-state index contributed by atoms with van der Waals surface area (Å²) in [5.41, 5.74) is -0.323. The fraction of sp³-hybridized carbons (Fsp3) is 0.429. The lowest BCUT2D eigenvalue weighted by Gasteiger charge is -2.70. The van der Waals surface area contributed by atoms with Crippen molar-refractivity contribution in [3.63, 3.8) is 0 Å². The van der Waals surface area contributed by atoms with Crippen LogP contribution in [0.4, 0.5) is 4.39 Å². The van der Waals surface area contributed by atoms with E-state index in [0.717, 1.165) is 25.3 Å². The molecular weight excluding hydrogens is 299 g/mol. The minimum absolute atomic E-state index is 0.00800. The number of halogens is 2. The van der Waals surface area contributed by atoms with Crippen LogP contribution < -0.4 is 15.4 Å². The SMILES string of the molecule is O=CNC12CC(NC(=O)COc3ccc(Cl)c(F)c3)(C1)C2. The third-order valence-corrected chi connectivity index (χ3v) is 4.37. The van der Waals surface area contributed by atoms with E-state index in [2.05, 4.69) is 10.6 Å². The average Bonchev–Trinajstić information content (AvgIpc) is 2.36. The average molecular weight is 313 g/mol. The maximum Gasteiger partial charge on any atom is 0.258 e. The Bertz CT molecular complexity index is 588. The zero-order valence-corrected chi connectivity index (χ0v) is 11.9. The Morgan fingerprint density at radius 2 is 2.10 bits per heavy atom. The molecule has 0 saturated heterocycles. The van der Waals surface area contributed by atoms with E-state index in [1.807, 2.05) is 0 Å². The highest BCUT2D eigenvalue weighted by Crippen LogP contribution is 2.60. The summed E-state index contributed by atoms with van der Waals surface area (Å²) in [6.45, 7) is -0.184. The molecule has 0 radical (unpaired) electrons. The number of hydrogen-bond donors (Lipinski definition) is 2. The van der Waals surface area contributed by atoms with Gasteiger partial charge < -0.3 is 15.4 Å². The van der Waals surface area contributed by atoms with Gasteiger partial charge in [0, 0.05) is 17.1 Å². The summed E-state index contributed by atoms with van der Waals surface area (Å²) in [5, 5.41) is 5.68. The Balaban J connectivity index is 1.46. The first kappa shape index (κ1) is 14.1. The quantitative estimate of drug-likeness (QED) is 0.780. The van der Waals surface area contributed by atoms with Crippen LogP contribution in [-0.2, 0) is 9.59 Å². The number of ether oxygens (including phenoxy) is 1. The van der Waals surface area contributed by atoms with Crippen LogP contribution in [0.5, 0.6) is 5.75 Å². The van der Waals surface area contributed by atoms with Crippen LogP contribution in [0.3, 0.4) is 0 Å². The molecule has 3 aliphatic rings. The van der Waals surface area contributed by atoms with E-state index in [1.165, 1.54) is 12.1 Å². The molecule has 0 unspecified atom stereocenters. The molecule has 112 valence electrons. The van der Waals surface area contributed by atoms with E-state index in [1.54, 1.807) is 0 Å². The van der Waals surface area contributed by atoms with Gasteiger partial charge in [0.15, 0.2) is 6.61 Å². The molecule has 2 bridgehead atoms. The Morgan fingerprint density at radius 3 is 2.71 bits per heavy atom. The van der Waals surface area contributed by atoms with Crippen LogP contribution in [0.15, 0.2) is 18.2 Å². The minimum Gasteiger partial charge on any atom is -0.484 e. The van der Waals surface area contributed by atoms with Gasteiger partial charge in [0.2, 0.25) is 6.41 Å². The Morgan fingerprint density at radius 1 is 1.38 bits per heavy atom. The molecular formula is C14H14ClFN2O3. The number of amides is 2. The van der Waals surface area contributed by atoms with E-state index < -0.39 is 5.82 Å². The van der Waals surface area contributed by atoms with E-state index in [4.69, 9.17) is 16.3 Å². The molecule has 1 aromatic carbocycles. The molecule has 2 N–H and O–H groups in total. The summed E-state index contributed by atoms with van der Waals surface area (Å²) in [5.74, 6) is -0.593. The fourth-order valence-electron chi connectivity index (χ4n) is 3.25. The molecule has 7 heteroatoms. The molecule has 4 rings (SSSR count). The van der Waals surface area contributed by atoms with E-state index in [9.17, 15) is 14.0 Å². The van der Waals surface area contributed by atoms with Gasteiger partial charge in [-0.15, -0.1) is 0 Å². The lowest BCUT2D eigenvalue weighted by molar-refractivity contribution is -0.146. The lowest BCUT2D eigenvalue weighted by Crippen LogP contribution is -2.83. The molecule has 0 aliphatic heterocycles. The molecule has 3 saturated carbocycles. The maximum absolute atomic E-state index is 13.2. The summed E-state index contributed by atoms with van der Waals surface area (Å²) in [6.07, 6.45) is 2.95. The highest BCUT2D eigenvalue weighted by molar-refractivity contribution is 6.30. The summed E-state index contributed by atoms with van der Waals surface area (Å²) >= 11 is 5.56. The Kier molecular flexibility index (Phi) is 3.28. The van der Waals surface area contributed by atoms with Crippen molar-refractivity contribution in [1.29, 1.82) is 0 Å². The molecule has 0 heterocycles. The Labute approximate surface area is 125 Å². The van der Waals surface area contributed by atoms with Crippen molar-refractivity contribution in [3.05, 3.63) is 29.0 Å². The third kappa shape index (κ3) is 2.55. The van der Waals surface area contributed by atoms with Crippen molar-refractivity contribution in [1.82, 2.24) is 10.6 Å². The Hall–Kier alpha value is -1.82. The van der Waals surface area contributed by atoms with Crippen molar-refractivity contribution in [2.45, 2.75) is 30.3 Å².